The Morgan fingerprint density at radius 2 is 1.77 bits per heavy atom. The van der Waals surface area contributed by atoms with E-state index in [4.69, 9.17) is 4.74 Å². The summed E-state index contributed by atoms with van der Waals surface area (Å²) in [6.45, 7) is 1.85. The van der Waals surface area contributed by atoms with Gasteiger partial charge in [-0.15, -0.1) is 0 Å². The maximum absolute atomic E-state index is 13.2. The second-order valence-electron chi connectivity index (χ2n) is 6.82. The molecule has 0 saturated carbocycles. The molecule has 5 nitrogen and oxygen atoms in total. The number of fused-ring (bicyclic) bond motifs is 1. The zero-order valence-corrected chi connectivity index (χ0v) is 16.1. The molecule has 0 N–H and O–H groups in total. The van der Waals surface area contributed by atoms with E-state index in [1.807, 2.05) is 6.92 Å². The van der Waals surface area contributed by atoms with Crippen molar-refractivity contribution >= 4 is 10.9 Å². The number of aromatic nitrogens is 3. The molecule has 0 saturated heterocycles. The van der Waals surface area contributed by atoms with Gasteiger partial charge in [0.15, 0.2) is 0 Å². The number of halogens is 4. The van der Waals surface area contributed by atoms with Crippen LogP contribution in [0.2, 0.25) is 0 Å². The van der Waals surface area contributed by atoms with Crippen LogP contribution in [0.4, 0.5) is 17.6 Å². The summed E-state index contributed by atoms with van der Waals surface area (Å²) in [5.41, 5.74) is -0.290. The van der Waals surface area contributed by atoms with Crippen molar-refractivity contribution in [2.24, 2.45) is 0 Å². The highest BCUT2D eigenvalue weighted by Gasteiger charge is 2.35. The molecule has 0 aliphatic carbocycles. The molecule has 0 aliphatic heterocycles. The Bertz CT molecular complexity index is 1300. The zero-order chi connectivity index (χ0) is 22.2. The van der Waals surface area contributed by atoms with Crippen molar-refractivity contribution in [3.05, 3.63) is 94.4 Å². The van der Waals surface area contributed by atoms with Gasteiger partial charge in [-0.2, -0.15) is 18.2 Å². The van der Waals surface area contributed by atoms with Gasteiger partial charge in [-0.1, -0.05) is 12.1 Å². The molecule has 0 fully saturated rings. The van der Waals surface area contributed by atoms with Crippen LogP contribution in [0.3, 0.4) is 0 Å². The molecular formula is C22H15F4N3O2. The summed E-state index contributed by atoms with van der Waals surface area (Å²) < 4.78 is 59.9. The molecule has 9 heteroatoms. The third kappa shape index (κ3) is 4.11. The maximum Gasteiger partial charge on any atom is 0.421 e. The SMILES string of the molecule is C[C@@H](c1ccc(F)cc1)n1cnc(=O)c2cc(Oc3ncccc3C(F)(F)F)ccc21. The van der Waals surface area contributed by atoms with E-state index < -0.39 is 23.2 Å². The van der Waals surface area contributed by atoms with Crippen LogP contribution < -0.4 is 10.3 Å². The quantitative estimate of drug-likeness (QED) is 0.411. The number of nitrogens with zero attached hydrogens (tertiary/aromatic N) is 3. The van der Waals surface area contributed by atoms with Gasteiger partial charge in [-0.3, -0.25) is 4.79 Å². The van der Waals surface area contributed by atoms with Crippen LogP contribution in [0.1, 0.15) is 24.1 Å². The highest BCUT2D eigenvalue weighted by molar-refractivity contribution is 5.80. The van der Waals surface area contributed by atoms with Crippen LogP contribution in [0.5, 0.6) is 11.6 Å². The van der Waals surface area contributed by atoms with Crippen molar-refractivity contribution in [3.63, 3.8) is 0 Å². The van der Waals surface area contributed by atoms with Crippen molar-refractivity contribution in [2.45, 2.75) is 19.1 Å². The van der Waals surface area contributed by atoms with Crippen LogP contribution in [0, 0.1) is 5.82 Å². The van der Waals surface area contributed by atoms with Crippen molar-refractivity contribution in [1.29, 1.82) is 0 Å². The predicted octanol–water partition coefficient (Wildman–Crippen LogP) is 5.35. The lowest BCUT2D eigenvalue weighted by molar-refractivity contribution is -0.138. The highest BCUT2D eigenvalue weighted by Crippen LogP contribution is 2.37. The van der Waals surface area contributed by atoms with Crippen LogP contribution in [-0.2, 0) is 6.18 Å². The molecule has 0 unspecified atom stereocenters. The summed E-state index contributed by atoms with van der Waals surface area (Å²) >= 11 is 0. The maximum atomic E-state index is 13.2. The second-order valence-corrected chi connectivity index (χ2v) is 6.82. The van der Waals surface area contributed by atoms with E-state index in [-0.39, 0.29) is 23.0 Å². The lowest BCUT2D eigenvalue weighted by atomic mass is 10.1. The molecule has 2 heterocycles. The lowest BCUT2D eigenvalue weighted by Gasteiger charge is -2.19. The fourth-order valence-electron chi connectivity index (χ4n) is 3.23. The Hall–Kier alpha value is -3.75. The average Bonchev–Trinajstić information content (AvgIpc) is 2.74. The molecule has 2 aromatic carbocycles. The van der Waals surface area contributed by atoms with E-state index in [1.165, 1.54) is 36.8 Å². The van der Waals surface area contributed by atoms with Crippen LogP contribution >= 0.6 is 0 Å². The summed E-state index contributed by atoms with van der Waals surface area (Å²) in [7, 11) is 0. The molecule has 31 heavy (non-hydrogen) atoms. The molecular weight excluding hydrogens is 414 g/mol. The molecule has 0 amide bonds. The first kappa shape index (κ1) is 20.5. The molecule has 2 aromatic heterocycles. The summed E-state index contributed by atoms with van der Waals surface area (Å²) in [6.07, 6.45) is -2.08. The largest absolute Gasteiger partial charge is 0.438 e. The summed E-state index contributed by atoms with van der Waals surface area (Å²) in [6, 6.07) is 12.0. The van der Waals surface area contributed by atoms with Crippen LogP contribution in [-0.4, -0.2) is 14.5 Å². The van der Waals surface area contributed by atoms with Gasteiger partial charge >= 0.3 is 6.18 Å². The van der Waals surface area contributed by atoms with Crippen molar-refractivity contribution < 1.29 is 22.3 Å². The number of pyridine rings is 1. The van der Waals surface area contributed by atoms with Gasteiger partial charge in [-0.05, 0) is 55.0 Å². The van der Waals surface area contributed by atoms with Crippen molar-refractivity contribution in [2.75, 3.05) is 0 Å². The summed E-state index contributed by atoms with van der Waals surface area (Å²) in [5, 5.41) is 0.165. The van der Waals surface area contributed by atoms with Gasteiger partial charge in [0, 0.05) is 6.20 Å². The average molecular weight is 429 g/mol. The standard InChI is InChI=1S/C22H15F4N3O2/c1-13(14-4-6-15(23)7-5-14)29-12-28-20(30)17-11-16(8-9-19(17)29)31-21-18(22(24,25)26)3-2-10-27-21/h2-13H,1H3/t13-/m0/s1. The normalized spacial score (nSPS) is 12.7. The highest BCUT2D eigenvalue weighted by atomic mass is 19.4. The number of benzene rings is 2. The molecule has 4 rings (SSSR count). The molecule has 4 aromatic rings. The van der Waals surface area contributed by atoms with E-state index in [2.05, 4.69) is 9.97 Å². The minimum Gasteiger partial charge on any atom is -0.438 e. The minimum atomic E-state index is -4.64. The molecule has 1 atom stereocenters. The second kappa shape index (κ2) is 7.82. The van der Waals surface area contributed by atoms with Crippen molar-refractivity contribution in [1.82, 2.24) is 14.5 Å². The Morgan fingerprint density at radius 1 is 1.03 bits per heavy atom. The molecule has 0 aliphatic rings. The monoisotopic (exact) mass is 429 g/mol. The van der Waals surface area contributed by atoms with Gasteiger partial charge in [0.2, 0.25) is 5.88 Å². The van der Waals surface area contributed by atoms with E-state index >= 15 is 0 Å². The Kier molecular flexibility index (Phi) is 5.18. The molecule has 0 bridgehead atoms. The van der Waals surface area contributed by atoms with E-state index in [0.717, 1.165) is 17.7 Å². The summed E-state index contributed by atoms with van der Waals surface area (Å²) in [5.74, 6) is -0.964. The Balaban J connectivity index is 1.75. The Morgan fingerprint density at radius 3 is 2.48 bits per heavy atom. The summed E-state index contributed by atoms with van der Waals surface area (Å²) in [4.78, 5) is 19.9. The van der Waals surface area contributed by atoms with E-state index in [9.17, 15) is 22.4 Å². The van der Waals surface area contributed by atoms with E-state index in [0.29, 0.717) is 5.52 Å². The van der Waals surface area contributed by atoms with Crippen LogP contribution in [0.15, 0.2) is 71.9 Å². The number of ether oxygens (including phenoxy) is 1. The fraction of sp³-hybridized carbons (Fsp3) is 0.136. The molecule has 0 radical (unpaired) electrons. The van der Waals surface area contributed by atoms with Crippen LogP contribution in [0.25, 0.3) is 10.9 Å². The first-order valence-corrected chi connectivity index (χ1v) is 9.20. The van der Waals surface area contributed by atoms with Gasteiger partial charge in [0.1, 0.15) is 17.1 Å². The first-order valence-electron chi connectivity index (χ1n) is 9.20. The number of alkyl halides is 3. The number of hydrogen-bond acceptors (Lipinski definition) is 4. The predicted molar refractivity (Wildman–Crippen MR) is 106 cm³/mol. The molecule has 158 valence electrons. The third-order valence-electron chi connectivity index (χ3n) is 4.84. The topological polar surface area (TPSA) is 57.0 Å². The van der Waals surface area contributed by atoms with Gasteiger partial charge in [0.05, 0.1) is 23.3 Å². The van der Waals surface area contributed by atoms with Gasteiger partial charge in [-0.25, -0.2) is 9.37 Å². The third-order valence-corrected chi connectivity index (χ3v) is 4.84. The fourth-order valence-corrected chi connectivity index (χ4v) is 3.23. The molecule has 0 spiro atoms. The van der Waals surface area contributed by atoms with Gasteiger partial charge < -0.3 is 9.30 Å². The first-order chi connectivity index (χ1) is 14.7. The lowest BCUT2D eigenvalue weighted by Crippen LogP contribution is -2.16. The smallest absolute Gasteiger partial charge is 0.421 e. The number of rotatable bonds is 4. The van der Waals surface area contributed by atoms with Gasteiger partial charge in [0.25, 0.3) is 5.56 Å². The zero-order valence-electron chi connectivity index (χ0n) is 16.1. The number of hydrogen-bond donors (Lipinski definition) is 0. The Labute approximate surface area is 173 Å². The van der Waals surface area contributed by atoms with Crippen molar-refractivity contribution in [3.8, 4) is 11.6 Å². The minimum absolute atomic E-state index is 0.0165. The van der Waals surface area contributed by atoms with E-state index in [1.54, 1.807) is 22.8 Å².